The summed E-state index contributed by atoms with van der Waals surface area (Å²) in [7, 11) is 0. The third-order valence-corrected chi connectivity index (χ3v) is 3.91. The minimum Gasteiger partial charge on any atom is -0.338 e. The van der Waals surface area contributed by atoms with Gasteiger partial charge in [-0.15, -0.1) is 6.58 Å². The van der Waals surface area contributed by atoms with Crippen molar-refractivity contribution in [3.05, 3.63) is 48.6 Å². The van der Waals surface area contributed by atoms with Crippen LogP contribution in [0.3, 0.4) is 0 Å². The molecule has 0 spiro atoms. The van der Waals surface area contributed by atoms with E-state index < -0.39 is 0 Å². The highest BCUT2D eigenvalue weighted by Crippen LogP contribution is 2.46. The Morgan fingerprint density at radius 1 is 1.29 bits per heavy atom. The Labute approximate surface area is 102 Å². The van der Waals surface area contributed by atoms with E-state index in [4.69, 9.17) is 0 Å². The smallest absolute Gasteiger partial charge is 0.223 e. The van der Waals surface area contributed by atoms with Gasteiger partial charge in [0.15, 0.2) is 0 Å². The van der Waals surface area contributed by atoms with E-state index in [1.54, 1.807) is 0 Å². The van der Waals surface area contributed by atoms with Crippen LogP contribution in [-0.2, 0) is 4.79 Å². The predicted octanol–water partition coefficient (Wildman–Crippen LogP) is 2.58. The fourth-order valence-electron chi connectivity index (χ4n) is 2.82. The SMILES string of the molecule is C=CC1CC(=O)N(C2CC2c2ccccc2)C1. The van der Waals surface area contributed by atoms with Gasteiger partial charge < -0.3 is 4.90 Å². The third kappa shape index (κ3) is 1.88. The molecular formula is C15H17NO. The second-order valence-electron chi connectivity index (χ2n) is 5.07. The summed E-state index contributed by atoms with van der Waals surface area (Å²) in [5.41, 5.74) is 1.37. The molecule has 2 aliphatic rings. The van der Waals surface area contributed by atoms with Crippen LogP contribution < -0.4 is 0 Å². The molecule has 17 heavy (non-hydrogen) atoms. The number of hydrogen-bond acceptors (Lipinski definition) is 1. The van der Waals surface area contributed by atoms with Crippen LogP contribution in [0.1, 0.15) is 24.3 Å². The number of nitrogens with zero attached hydrogens (tertiary/aromatic N) is 1. The third-order valence-electron chi connectivity index (χ3n) is 3.91. The van der Waals surface area contributed by atoms with Crippen LogP contribution in [0.2, 0.25) is 0 Å². The van der Waals surface area contributed by atoms with E-state index in [9.17, 15) is 4.79 Å². The lowest BCUT2D eigenvalue weighted by molar-refractivity contribution is -0.128. The van der Waals surface area contributed by atoms with Crippen LogP contribution in [0.25, 0.3) is 0 Å². The number of carbonyl (C=O) groups is 1. The summed E-state index contributed by atoms with van der Waals surface area (Å²) in [6.07, 6.45) is 3.69. The molecule has 2 heteroatoms. The average molecular weight is 227 g/mol. The van der Waals surface area contributed by atoms with Gasteiger partial charge in [-0.05, 0) is 12.0 Å². The van der Waals surface area contributed by atoms with Gasteiger partial charge in [0.25, 0.3) is 0 Å². The Bertz CT molecular complexity index is 439. The summed E-state index contributed by atoms with van der Waals surface area (Å²) in [6.45, 7) is 4.66. The summed E-state index contributed by atoms with van der Waals surface area (Å²) >= 11 is 0. The minimum absolute atomic E-state index is 0.304. The van der Waals surface area contributed by atoms with Crippen molar-refractivity contribution in [2.24, 2.45) is 5.92 Å². The lowest BCUT2D eigenvalue weighted by atomic mass is 10.1. The first kappa shape index (κ1) is 10.6. The van der Waals surface area contributed by atoms with Gasteiger partial charge in [-0.3, -0.25) is 4.79 Å². The molecule has 1 aliphatic carbocycles. The molecule has 1 amide bonds. The Balaban J connectivity index is 1.69. The fourth-order valence-corrected chi connectivity index (χ4v) is 2.82. The van der Waals surface area contributed by atoms with Gasteiger partial charge in [-0.25, -0.2) is 0 Å². The van der Waals surface area contributed by atoms with Crippen molar-refractivity contribution in [1.82, 2.24) is 4.90 Å². The van der Waals surface area contributed by atoms with Crippen molar-refractivity contribution in [3.8, 4) is 0 Å². The van der Waals surface area contributed by atoms with E-state index >= 15 is 0 Å². The molecule has 3 rings (SSSR count). The maximum absolute atomic E-state index is 11.9. The van der Waals surface area contributed by atoms with Crippen LogP contribution in [0, 0.1) is 5.92 Å². The zero-order valence-corrected chi connectivity index (χ0v) is 9.88. The van der Waals surface area contributed by atoms with Crippen molar-refractivity contribution >= 4 is 5.91 Å². The van der Waals surface area contributed by atoms with Gasteiger partial charge in [0.05, 0.1) is 0 Å². The monoisotopic (exact) mass is 227 g/mol. The zero-order chi connectivity index (χ0) is 11.8. The summed E-state index contributed by atoms with van der Waals surface area (Å²) in [5, 5.41) is 0. The molecule has 0 aromatic heterocycles. The first-order chi connectivity index (χ1) is 8.29. The molecule has 1 heterocycles. The molecule has 0 bridgehead atoms. The van der Waals surface area contributed by atoms with Crippen LogP contribution in [-0.4, -0.2) is 23.4 Å². The van der Waals surface area contributed by atoms with Gasteiger partial charge in [0.1, 0.15) is 0 Å². The minimum atomic E-state index is 0.304. The quantitative estimate of drug-likeness (QED) is 0.727. The van der Waals surface area contributed by atoms with Gasteiger partial charge in [0.2, 0.25) is 5.91 Å². The van der Waals surface area contributed by atoms with Crippen LogP contribution in [0.5, 0.6) is 0 Å². The van der Waals surface area contributed by atoms with E-state index in [0.717, 1.165) is 13.0 Å². The molecule has 1 aromatic carbocycles. The second kappa shape index (κ2) is 4.02. The van der Waals surface area contributed by atoms with Gasteiger partial charge >= 0.3 is 0 Å². The Hall–Kier alpha value is -1.57. The van der Waals surface area contributed by atoms with Gasteiger partial charge in [-0.2, -0.15) is 0 Å². The number of hydrogen-bond donors (Lipinski definition) is 0. The first-order valence-electron chi connectivity index (χ1n) is 6.26. The summed E-state index contributed by atoms with van der Waals surface area (Å²) in [5.74, 6) is 1.22. The number of benzene rings is 1. The van der Waals surface area contributed by atoms with E-state index in [1.807, 2.05) is 12.1 Å². The van der Waals surface area contributed by atoms with Crippen molar-refractivity contribution < 1.29 is 4.79 Å². The molecule has 3 unspecified atom stereocenters. The highest BCUT2D eigenvalue weighted by molar-refractivity contribution is 5.80. The number of rotatable bonds is 3. The Kier molecular flexibility index (Phi) is 2.50. The second-order valence-corrected chi connectivity index (χ2v) is 5.07. The maximum Gasteiger partial charge on any atom is 0.223 e. The predicted molar refractivity (Wildman–Crippen MR) is 67.6 cm³/mol. The highest BCUT2D eigenvalue weighted by Gasteiger charge is 2.47. The number of amides is 1. The zero-order valence-electron chi connectivity index (χ0n) is 9.88. The number of carbonyl (C=O) groups excluding carboxylic acids is 1. The standard InChI is InChI=1S/C15H17NO/c1-2-11-8-15(17)16(10-11)14-9-13(14)12-6-4-3-5-7-12/h2-7,11,13-14H,1,8-10H2. The molecule has 1 saturated carbocycles. The molecule has 1 saturated heterocycles. The topological polar surface area (TPSA) is 20.3 Å². The van der Waals surface area contributed by atoms with E-state index in [1.165, 1.54) is 5.56 Å². The van der Waals surface area contributed by atoms with Crippen LogP contribution in [0.15, 0.2) is 43.0 Å². The summed E-state index contributed by atoms with van der Waals surface area (Å²) < 4.78 is 0. The van der Waals surface area contributed by atoms with Crippen molar-refractivity contribution in [1.29, 1.82) is 0 Å². The molecular weight excluding hydrogens is 210 g/mol. The van der Waals surface area contributed by atoms with Gasteiger partial charge in [0, 0.05) is 30.8 Å². The molecule has 2 nitrogen and oxygen atoms in total. The molecule has 0 N–H and O–H groups in total. The van der Waals surface area contributed by atoms with E-state index in [2.05, 4.69) is 35.7 Å². The summed E-state index contributed by atoms with van der Waals surface area (Å²) in [6, 6.07) is 10.9. The van der Waals surface area contributed by atoms with E-state index in [-0.39, 0.29) is 0 Å². The molecule has 3 atom stereocenters. The largest absolute Gasteiger partial charge is 0.338 e. The van der Waals surface area contributed by atoms with E-state index in [0.29, 0.717) is 30.2 Å². The fraction of sp³-hybridized carbons (Fsp3) is 0.400. The highest BCUT2D eigenvalue weighted by atomic mass is 16.2. The van der Waals surface area contributed by atoms with Crippen LogP contribution >= 0.6 is 0 Å². The Morgan fingerprint density at radius 2 is 2.06 bits per heavy atom. The van der Waals surface area contributed by atoms with Crippen LogP contribution in [0.4, 0.5) is 0 Å². The lowest BCUT2D eigenvalue weighted by Gasteiger charge is -2.16. The van der Waals surface area contributed by atoms with Crippen molar-refractivity contribution in [2.75, 3.05) is 6.54 Å². The Morgan fingerprint density at radius 3 is 2.71 bits per heavy atom. The molecule has 88 valence electrons. The summed E-state index contributed by atoms with van der Waals surface area (Å²) in [4.78, 5) is 13.9. The lowest BCUT2D eigenvalue weighted by Crippen LogP contribution is -2.28. The average Bonchev–Trinajstić information content (AvgIpc) is 3.07. The maximum atomic E-state index is 11.9. The normalized spacial score (nSPS) is 31.6. The number of likely N-dealkylation sites (tertiary alicyclic amines) is 1. The molecule has 0 radical (unpaired) electrons. The first-order valence-corrected chi connectivity index (χ1v) is 6.26. The molecule has 2 fully saturated rings. The van der Waals surface area contributed by atoms with Crippen molar-refractivity contribution in [3.63, 3.8) is 0 Å². The van der Waals surface area contributed by atoms with Crippen molar-refractivity contribution in [2.45, 2.75) is 24.8 Å². The van der Waals surface area contributed by atoms with Gasteiger partial charge in [-0.1, -0.05) is 36.4 Å². The molecule has 1 aromatic rings. The molecule has 1 aliphatic heterocycles.